The molecule has 0 aliphatic heterocycles. The van der Waals surface area contributed by atoms with Crippen molar-refractivity contribution in [2.75, 3.05) is 31.1 Å². The van der Waals surface area contributed by atoms with Gasteiger partial charge in [-0.15, -0.1) is 0 Å². The Bertz CT molecular complexity index is 3690. The summed E-state index contributed by atoms with van der Waals surface area (Å²) in [6, 6.07) is 18.3. The first-order valence-corrected chi connectivity index (χ1v) is 25.6. The molecular formula is C47H34Cl4F4N4O8S2. The van der Waals surface area contributed by atoms with Crippen LogP contribution in [0.3, 0.4) is 0 Å². The van der Waals surface area contributed by atoms with Crippen molar-refractivity contribution >= 4 is 99.5 Å². The predicted molar refractivity (Wildman–Crippen MR) is 259 cm³/mol. The summed E-state index contributed by atoms with van der Waals surface area (Å²) in [6.07, 6.45) is 4.74. The number of H-pyrrole nitrogens is 1. The lowest BCUT2D eigenvalue weighted by Gasteiger charge is -2.13. The van der Waals surface area contributed by atoms with E-state index in [-0.39, 0.29) is 72.7 Å². The van der Waals surface area contributed by atoms with Crippen LogP contribution >= 0.6 is 46.4 Å². The first kappa shape index (κ1) is 50.8. The number of aromatic nitrogens is 4. The Labute approximate surface area is 410 Å². The van der Waals surface area contributed by atoms with Gasteiger partial charge in [0.25, 0.3) is 5.56 Å². The van der Waals surface area contributed by atoms with Crippen LogP contribution in [0.25, 0.3) is 44.1 Å². The zero-order valence-electron chi connectivity index (χ0n) is 36.0. The van der Waals surface area contributed by atoms with Crippen LogP contribution in [0, 0.1) is 23.3 Å². The van der Waals surface area contributed by atoms with Gasteiger partial charge in [-0.1, -0.05) is 58.5 Å². The number of nitrogens with zero attached hydrogens (tertiary/aromatic N) is 3. The number of ether oxygens (including phenoxy) is 1. The highest BCUT2D eigenvalue weighted by molar-refractivity contribution is 7.91. The lowest BCUT2D eigenvalue weighted by Crippen LogP contribution is -2.20. The molecule has 0 spiro atoms. The summed E-state index contributed by atoms with van der Waals surface area (Å²) in [7, 11) is -6.09. The number of rotatable bonds is 13. The molecule has 22 heteroatoms. The predicted octanol–water partition coefficient (Wildman–Crippen LogP) is 10.4. The summed E-state index contributed by atoms with van der Waals surface area (Å²) in [5.74, 6) is -6.24. The maximum absolute atomic E-state index is 14.6. The molecule has 4 aromatic carbocycles. The van der Waals surface area contributed by atoms with Gasteiger partial charge < -0.3 is 18.9 Å². The van der Waals surface area contributed by atoms with E-state index < -0.39 is 71.6 Å². The van der Waals surface area contributed by atoms with Gasteiger partial charge in [-0.25, -0.2) is 39.4 Å². The fourth-order valence-electron chi connectivity index (χ4n) is 7.76. The van der Waals surface area contributed by atoms with Gasteiger partial charge in [-0.2, -0.15) is 0 Å². The van der Waals surface area contributed by atoms with Crippen molar-refractivity contribution in [3.63, 3.8) is 0 Å². The number of hydrogen-bond donors (Lipinski definition) is 1. The summed E-state index contributed by atoms with van der Waals surface area (Å²) >= 11 is 25.0. The number of carbonyl (C=O) groups excluding carboxylic acids is 2. The molecule has 0 radical (unpaired) electrons. The molecule has 0 fully saturated rings. The molecule has 0 amide bonds. The molecule has 4 aromatic heterocycles. The van der Waals surface area contributed by atoms with E-state index in [9.17, 15) is 48.8 Å². The summed E-state index contributed by atoms with van der Waals surface area (Å²) < 4.78 is 112. The highest BCUT2D eigenvalue weighted by Crippen LogP contribution is 2.43. The number of aromatic amines is 1. The van der Waals surface area contributed by atoms with Gasteiger partial charge in [-0.3, -0.25) is 14.4 Å². The van der Waals surface area contributed by atoms with Gasteiger partial charge >= 0.3 is 0 Å². The zero-order valence-corrected chi connectivity index (χ0v) is 40.7. The van der Waals surface area contributed by atoms with Crippen LogP contribution in [-0.4, -0.2) is 78.6 Å². The lowest BCUT2D eigenvalue weighted by molar-refractivity contribution is 0.100. The summed E-state index contributed by atoms with van der Waals surface area (Å²) in [5.41, 5.74) is 1.03. The summed E-state index contributed by atoms with van der Waals surface area (Å²) in [6.45, 7) is -0.482. The number of benzene rings is 4. The van der Waals surface area contributed by atoms with E-state index in [1.165, 1.54) is 71.1 Å². The minimum absolute atomic E-state index is 0.0289. The minimum Gasteiger partial charge on any atom is -0.481 e. The van der Waals surface area contributed by atoms with Crippen molar-refractivity contribution in [3.05, 3.63) is 174 Å². The van der Waals surface area contributed by atoms with Crippen LogP contribution in [0.5, 0.6) is 5.88 Å². The number of pyridine rings is 2. The van der Waals surface area contributed by atoms with Crippen LogP contribution in [0.4, 0.5) is 17.6 Å². The minimum atomic E-state index is -3.76. The zero-order chi connectivity index (χ0) is 50.3. The standard InChI is InChI=1S/C24H18Cl2F2N2O4S.C23H16Cl2F2N2O4S/c1-34-24-15(4-3-7-29-24)22-16-9-17(25)18(26)10-20(16)30(23(22)21(31)12-35(2,32)33)11-13-5-6-14(27)8-19(13)28;1-34(32,33)11-20(30)22-21(14-3-2-6-28-23(14)31)15-8-16(24)17(25)9-19(15)29(22)10-12-4-5-13(26)7-18(12)27/h3-10H,11-12H2,1-2H3;2-9H,10-11H2,1H3,(H,28,31). The smallest absolute Gasteiger partial charge is 0.255 e. The van der Waals surface area contributed by atoms with Gasteiger partial charge in [0.05, 0.1) is 62.7 Å². The second-order valence-corrected chi connectivity index (χ2v) is 21.5. The molecule has 0 aliphatic rings. The SMILES string of the molecule is COc1ncccc1-c1c(C(=O)CS(C)(=O)=O)n(Cc2ccc(F)cc2F)c2cc(Cl)c(Cl)cc12.CS(=O)(=O)CC(=O)c1c(-c2ccc[nH]c2=O)c2cc(Cl)c(Cl)cc2n1Cc1ccc(F)cc1F. The van der Waals surface area contributed by atoms with Crippen molar-refractivity contribution in [2.24, 2.45) is 0 Å². The largest absolute Gasteiger partial charge is 0.481 e. The molecule has 69 heavy (non-hydrogen) atoms. The van der Waals surface area contributed by atoms with Crippen LogP contribution in [0.2, 0.25) is 20.1 Å². The van der Waals surface area contributed by atoms with Crippen LogP contribution in [0.1, 0.15) is 32.1 Å². The van der Waals surface area contributed by atoms with E-state index in [1.807, 2.05) is 0 Å². The molecule has 12 nitrogen and oxygen atoms in total. The van der Waals surface area contributed by atoms with Crippen LogP contribution in [0.15, 0.2) is 102 Å². The molecule has 8 rings (SSSR count). The number of Topliss-reactive ketones (excluding diaryl/α,β-unsaturated/α-hetero) is 2. The number of sulfone groups is 2. The second kappa shape index (κ2) is 20.1. The molecule has 0 atom stereocenters. The van der Waals surface area contributed by atoms with E-state index in [4.69, 9.17) is 51.1 Å². The average Bonchev–Trinajstić information content (AvgIpc) is 3.73. The molecule has 0 bridgehead atoms. The van der Waals surface area contributed by atoms with Crippen molar-refractivity contribution in [3.8, 4) is 28.1 Å². The number of halogens is 8. The highest BCUT2D eigenvalue weighted by atomic mass is 35.5. The Kier molecular flexibility index (Phi) is 14.8. The first-order valence-electron chi connectivity index (χ1n) is 20.0. The van der Waals surface area contributed by atoms with Gasteiger partial charge in [0.1, 0.15) is 34.8 Å². The van der Waals surface area contributed by atoms with Crippen LogP contribution in [-0.2, 0) is 32.8 Å². The molecule has 358 valence electrons. The molecule has 0 saturated carbocycles. The van der Waals surface area contributed by atoms with Crippen molar-refractivity contribution < 1.29 is 48.7 Å². The normalized spacial score (nSPS) is 11.8. The average molecular weight is 1060 g/mol. The third-order valence-electron chi connectivity index (χ3n) is 10.5. The molecule has 0 unspecified atom stereocenters. The number of ketones is 2. The van der Waals surface area contributed by atoms with Gasteiger partial charge in [0.2, 0.25) is 5.88 Å². The van der Waals surface area contributed by atoms with Crippen molar-refractivity contribution in [2.45, 2.75) is 13.1 Å². The molecule has 0 saturated heterocycles. The van der Waals surface area contributed by atoms with E-state index in [2.05, 4.69) is 9.97 Å². The Balaban J connectivity index is 0.000000204. The number of carbonyl (C=O) groups is 2. The lowest BCUT2D eigenvalue weighted by atomic mass is 10.0. The van der Waals surface area contributed by atoms with Gasteiger partial charge in [0, 0.05) is 81.2 Å². The van der Waals surface area contributed by atoms with Crippen LogP contribution < -0.4 is 10.3 Å². The van der Waals surface area contributed by atoms with E-state index in [0.29, 0.717) is 39.0 Å². The number of fused-ring (bicyclic) bond motifs is 2. The third-order valence-corrected chi connectivity index (χ3v) is 13.6. The van der Waals surface area contributed by atoms with Gasteiger partial charge in [-0.05, 0) is 60.7 Å². The Morgan fingerprint density at radius 2 is 1.07 bits per heavy atom. The molecule has 1 N–H and O–H groups in total. The molecule has 4 heterocycles. The monoisotopic (exact) mass is 1060 g/mol. The topological polar surface area (TPSA) is 167 Å². The van der Waals surface area contributed by atoms with E-state index in [0.717, 1.165) is 30.7 Å². The maximum Gasteiger partial charge on any atom is 0.255 e. The fraction of sp³-hybridized carbons (Fsp3) is 0.149. The molecule has 0 aliphatic carbocycles. The van der Waals surface area contributed by atoms with E-state index in [1.54, 1.807) is 18.2 Å². The maximum atomic E-state index is 14.6. The van der Waals surface area contributed by atoms with E-state index >= 15 is 0 Å². The molecular weight excluding hydrogens is 1030 g/mol. The Morgan fingerprint density at radius 1 is 0.638 bits per heavy atom. The molecule has 8 aromatic rings. The number of methoxy groups -OCH3 is 1. The Morgan fingerprint density at radius 3 is 1.49 bits per heavy atom. The summed E-state index contributed by atoms with van der Waals surface area (Å²) in [4.78, 5) is 46.2. The Hall–Kier alpha value is -6.02. The van der Waals surface area contributed by atoms with Crippen molar-refractivity contribution in [1.29, 1.82) is 0 Å². The third kappa shape index (κ3) is 11.1. The number of hydrogen-bond acceptors (Lipinski definition) is 9. The number of nitrogens with one attached hydrogen (secondary N) is 1. The second-order valence-electron chi connectivity index (χ2n) is 15.6. The first-order chi connectivity index (χ1) is 32.5. The van der Waals surface area contributed by atoms with Gasteiger partial charge in [0.15, 0.2) is 31.2 Å². The highest BCUT2D eigenvalue weighted by Gasteiger charge is 2.31. The summed E-state index contributed by atoms with van der Waals surface area (Å²) in [5, 5.41) is 1.41. The quantitative estimate of drug-likeness (QED) is 0.0873. The fourth-order valence-corrected chi connectivity index (χ4v) is 9.62. The van der Waals surface area contributed by atoms with Crippen molar-refractivity contribution in [1.82, 2.24) is 19.1 Å².